The largest absolute Gasteiger partial charge is 0.374 e. The number of nitrogens with one attached hydrogen (secondary N) is 1. The molecule has 2 heteroatoms. The van der Waals surface area contributed by atoms with E-state index in [9.17, 15) is 0 Å². The maximum atomic E-state index is 5.83. The Morgan fingerprint density at radius 1 is 1.07 bits per heavy atom. The molecule has 1 atom stereocenters. The molecular formula is C13H29NO. The molecule has 92 valence electrons. The van der Waals surface area contributed by atoms with Gasteiger partial charge in [-0.15, -0.1) is 0 Å². The van der Waals surface area contributed by atoms with Crippen molar-refractivity contribution >= 4 is 0 Å². The van der Waals surface area contributed by atoms with Crippen LogP contribution in [0.2, 0.25) is 0 Å². The van der Waals surface area contributed by atoms with Gasteiger partial charge in [0.05, 0.1) is 12.2 Å². The van der Waals surface area contributed by atoms with Crippen molar-refractivity contribution in [1.82, 2.24) is 5.32 Å². The molecule has 0 radical (unpaired) electrons. The lowest BCUT2D eigenvalue weighted by atomic mass is 10.0. The summed E-state index contributed by atoms with van der Waals surface area (Å²) in [6.07, 6.45) is 1.17. The standard InChI is InChI=1S/C13H29NO/c1-10(2)8-12(14-11(3)4)9-15-13(5,6)7/h10-12,14H,8-9H2,1-7H3/t12-/m1/s1. The molecule has 0 aliphatic carbocycles. The van der Waals surface area contributed by atoms with Gasteiger partial charge in [0.25, 0.3) is 0 Å². The molecule has 15 heavy (non-hydrogen) atoms. The second-order valence-electron chi connectivity index (χ2n) is 6.07. The van der Waals surface area contributed by atoms with Crippen LogP contribution < -0.4 is 5.32 Å². The van der Waals surface area contributed by atoms with Gasteiger partial charge in [-0.3, -0.25) is 0 Å². The van der Waals surface area contributed by atoms with E-state index in [4.69, 9.17) is 4.74 Å². The fraction of sp³-hybridized carbons (Fsp3) is 1.00. The van der Waals surface area contributed by atoms with Crippen LogP contribution in [-0.4, -0.2) is 24.3 Å². The highest BCUT2D eigenvalue weighted by atomic mass is 16.5. The third-order valence-electron chi connectivity index (χ3n) is 2.04. The Morgan fingerprint density at radius 3 is 1.93 bits per heavy atom. The predicted octanol–water partition coefficient (Wildman–Crippen LogP) is 3.21. The summed E-state index contributed by atoms with van der Waals surface area (Å²) in [5.74, 6) is 0.713. The number of hydrogen-bond donors (Lipinski definition) is 1. The Balaban J connectivity index is 4.01. The van der Waals surface area contributed by atoms with Crippen molar-refractivity contribution in [3.8, 4) is 0 Å². The molecule has 0 aromatic heterocycles. The molecule has 0 spiro atoms. The van der Waals surface area contributed by atoms with E-state index in [1.165, 1.54) is 6.42 Å². The summed E-state index contributed by atoms with van der Waals surface area (Å²) in [4.78, 5) is 0. The van der Waals surface area contributed by atoms with E-state index in [1.54, 1.807) is 0 Å². The molecule has 0 rings (SSSR count). The SMILES string of the molecule is CC(C)C[C@H](COC(C)(C)C)NC(C)C. The number of hydrogen-bond acceptors (Lipinski definition) is 2. The Bertz CT molecular complexity index is 148. The molecule has 0 fully saturated rings. The molecule has 0 heterocycles. The summed E-state index contributed by atoms with van der Waals surface area (Å²) in [6.45, 7) is 16.0. The van der Waals surface area contributed by atoms with Crippen molar-refractivity contribution in [2.45, 2.75) is 72.6 Å². The highest BCUT2D eigenvalue weighted by Gasteiger charge is 2.16. The van der Waals surface area contributed by atoms with Gasteiger partial charge < -0.3 is 10.1 Å². The van der Waals surface area contributed by atoms with Crippen LogP contribution >= 0.6 is 0 Å². The van der Waals surface area contributed by atoms with Crippen molar-refractivity contribution in [2.75, 3.05) is 6.61 Å². The van der Waals surface area contributed by atoms with Crippen molar-refractivity contribution in [3.63, 3.8) is 0 Å². The Hall–Kier alpha value is -0.0800. The van der Waals surface area contributed by atoms with E-state index in [0.29, 0.717) is 18.0 Å². The van der Waals surface area contributed by atoms with E-state index in [0.717, 1.165) is 6.61 Å². The molecular weight excluding hydrogens is 186 g/mol. The lowest BCUT2D eigenvalue weighted by Gasteiger charge is -2.27. The molecule has 0 saturated carbocycles. The van der Waals surface area contributed by atoms with Crippen molar-refractivity contribution in [2.24, 2.45) is 5.92 Å². The first-order chi connectivity index (χ1) is 6.70. The highest BCUT2D eigenvalue weighted by molar-refractivity contribution is 4.72. The van der Waals surface area contributed by atoms with Gasteiger partial charge in [-0.05, 0) is 33.1 Å². The van der Waals surface area contributed by atoms with Crippen LogP contribution in [0, 0.1) is 5.92 Å². The molecule has 0 aliphatic rings. The van der Waals surface area contributed by atoms with E-state index in [2.05, 4.69) is 53.8 Å². The first-order valence-electron chi connectivity index (χ1n) is 6.10. The normalized spacial score (nSPS) is 15.0. The maximum absolute atomic E-state index is 5.83. The smallest absolute Gasteiger partial charge is 0.0626 e. The zero-order valence-electron chi connectivity index (χ0n) is 11.6. The fourth-order valence-electron chi connectivity index (χ4n) is 1.58. The van der Waals surface area contributed by atoms with Crippen LogP contribution in [0.5, 0.6) is 0 Å². The first-order valence-corrected chi connectivity index (χ1v) is 6.10. The monoisotopic (exact) mass is 215 g/mol. The number of rotatable bonds is 6. The number of ether oxygens (including phenoxy) is 1. The third-order valence-corrected chi connectivity index (χ3v) is 2.04. The minimum atomic E-state index is -0.0338. The Kier molecular flexibility index (Phi) is 6.46. The Labute approximate surface area is 95.8 Å². The van der Waals surface area contributed by atoms with Crippen molar-refractivity contribution in [3.05, 3.63) is 0 Å². The van der Waals surface area contributed by atoms with E-state index < -0.39 is 0 Å². The van der Waals surface area contributed by atoms with Crippen LogP contribution in [-0.2, 0) is 4.74 Å². The zero-order valence-corrected chi connectivity index (χ0v) is 11.6. The van der Waals surface area contributed by atoms with Crippen LogP contribution in [0.1, 0.15) is 54.9 Å². The van der Waals surface area contributed by atoms with E-state index in [-0.39, 0.29) is 5.60 Å². The summed E-state index contributed by atoms with van der Waals surface area (Å²) in [6, 6.07) is 1.00. The Morgan fingerprint density at radius 2 is 1.60 bits per heavy atom. The van der Waals surface area contributed by atoms with Gasteiger partial charge >= 0.3 is 0 Å². The first kappa shape index (κ1) is 14.9. The topological polar surface area (TPSA) is 21.3 Å². The van der Waals surface area contributed by atoms with Crippen LogP contribution in [0.25, 0.3) is 0 Å². The van der Waals surface area contributed by atoms with Gasteiger partial charge in [-0.1, -0.05) is 27.7 Å². The quantitative estimate of drug-likeness (QED) is 0.734. The van der Waals surface area contributed by atoms with Gasteiger partial charge in [0, 0.05) is 12.1 Å². The van der Waals surface area contributed by atoms with Crippen molar-refractivity contribution < 1.29 is 4.74 Å². The second kappa shape index (κ2) is 6.49. The van der Waals surface area contributed by atoms with Crippen LogP contribution in [0.15, 0.2) is 0 Å². The summed E-state index contributed by atoms with van der Waals surface area (Å²) in [7, 11) is 0. The van der Waals surface area contributed by atoms with Gasteiger partial charge in [0.2, 0.25) is 0 Å². The highest BCUT2D eigenvalue weighted by Crippen LogP contribution is 2.11. The molecule has 0 aromatic rings. The summed E-state index contributed by atoms with van der Waals surface area (Å²) in [5, 5.41) is 3.56. The molecule has 2 nitrogen and oxygen atoms in total. The predicted molar refractivity (Wildman–Crippen MR) is 67.2 cm³/mol. The third kappa shape index (κ3) is 10.2. The average molecular weight is 215 g/mol. The summed E-state index contributed by atoms with van der Waals surface area (Å²) < 4.78 is 5.83. The second-order valence-corrected chi connectivity index (χ2v) is 6.07. The lowest BCUT2D eigenvalue weighted by Crippen LogP contribution is -2.41. The zero-order chi connectivity index (χ0) is 12.1. The summed E-state index contributed by atoms with van der Waals surface area (Å²) >= 11 is 0. The van der Waals surface area contributed by atoms with Gasteiger partial charge in [-0.25, -0.2) is 0 Å². The average Bonchev–Trinajstić information content (AvgIpc) is 1.96. The minimum Gasteiger partial charge on any atom is -0.374 e. The van der Waals surface area contributed by atoms with Gasteiger partial charge in [0.1, 0.15) is 0 Å². The van der Waals surface area contributed by atoms with E-state index >= 15 is 0 Å². The van der Waals surface area contributed by atoms with E-state index in [1.807, 2.05) is 0 Å². The van der Waals surface area contributed by atoms with Gasteiger partial charge in [-0.2, -0.15) is 0 Å². The molecule has 1 N–H and O–H groups in total. The van der Waals surface area contributed by atoms with Crippen molar-refractivity contribution in [1.29, 1.82) is 0 Å². The maximum Gasteiger partial charge on any atom is 0.0626 e. The molecule has 0 amide bonds. The van der Waals surface area contributed by atoms with Gasteiger partial charge in [0.15, 0.2) is 0 Å². The molecule has 0 saturated heterocycles. The molecule has 0 bridgehead atoms. The van der Waals surface area contributed by atoms with Crippen LogP contribution in [0.4, 0.5) is 0 Å². The molecule has 0 aliphatic heterocycles. The summed E-state index contributed by atoms with van der Waals surface area (Å²) in [5.41, 5.74) is -0.0338. The van der Waals surface area contributed by atoms with Crippen LogP contribution in [0.3, 0.4) is 0 Å². The lowest BCUT2D eigenvalue weighted by molar-refractivity contribution is -0.0178. The molecule has 0 aromatic carbocycles. The molecule has 0 unspecified atom stereocenters. The minimum absolute atomic E-state index is 0.0338. The fourth-order valence-corrected chi connectivity index (χ4v) is 1.58.